The molecule has 3 saturated heterocycles. The lowest BCUT2D eigenvalue weighted by atomic mass is 9.96. The number of carbonyl (C=O) groups excluding carboxylic acids is 12. The number of alkyl halides is 2. The molecule has 4 rings (SSSR count). The van der Waals surface area contributed by atoms with E-state index < -0.39 is 176 Å². The van der Waals surface area contributed by atoms with Crippen LogP contribution in [0.4, 0.5) is 8.78 Å². The van der Waals surface area contributed by atoms with Crippen LogP contribution in [-0.4, -0.2) is 258 Å². The molecule has 1 aromatic carbocycles. The molecule has 10 atom stereocenters. The number of nitrogens with one attached hydrogen (secondary N) is 5. The Balaban J connectivity index is 1.92. The number of rotatable bonds is 18. The monoisotopic (exact) mass is 1380 g/mol. The van der Waals surface area contributed by atoms with Gasteiger partial charge in [0.05, 0.1) is 26.1 Å². The molecule has 1 aromatic rings. The molecule has 12 amide bonds. The van der Waals surface area contributed by atoms with Gasteiger partial charge in [-0.05, 0) is 107 Å². The second kappa shape index (κ2) is 38.9. The third kappa shape index (κ3) is 24.2. The van der Waals surface area contributed by atoms with Crippen LogP contribution in [0.3, 0.4) is 0 Å². The van der Waals surface area contributed by atoms with Crippen LogP contribution in [0.15, 0.2) is 30.3 Å². The molecule has 552 valence electrons. The van der Waals surface area contributed by atoms with Crippen LogP contribution in [0.5, 0.6) is 0 Å². The minimum absolute atomic E-state index is 0.0225. The standard InChI is InChI=1S/C71H117F2N13O12/c1-18-20-32-86-42-60(89)81(14)57(38-49-28-23-21-24-29-49)69(97)84(17)56(37-46(7)8)65(93)76-52(35-44(3)4)66(94)83(16)55(36-45(5)6)64(92)77-53(68(96)85-33-25-22-26-34-85)39-58(87)79(12)41-59(88)80(13)48(11)62(90)78-61(47(9)10)70(98)82(15)54(19-2)63(91)75-51(67(86)95)31-27-30-50-40-71(72,73)43-74-50/h21,23-24,28-29,44-48,50-57,61,74H,18-20,22,25-27,30-43H2,1-17H3,(H,75,91)(H,76,93)(H,77,92)(H,78,90)/t48-,50+,51-,52-,53?,54-,55-,56-,57-,61-/m0/s1. The van der Waals surface area contributed by atoms with Crippen LogP contribution >= 0.6 is 0 Å². The molecule has 3 heterocycles. The number of unbranched alkanes of at least 4 members (excludes halogenated alkanes) is 1. The van der Waals surface area contributed by atoms with Crippen molar-refractivity contribution >= 4 is 70.9 Å². The number of hydrogen-bond acceptors (Lipinski definition) is 13. The number of hydrogen-bond donors (Lipinski definition) is 5. The molecule has 3 aliphatic heterocycles. The first-order valence-corrected chi connectivity index (χ1v) is 35.4. The number of halogens is 2. The Hall–Kier alpha value is -7.32. The zero-order valence-electron chi connectivity index (χ0n) is 61.6. The van der Waals surface area contributed by atoms with Crippen molar-refractivity contribution in [2.75, 3.05) is 81.6 Å². The van der Waals surface area contributed by atoms with Gasteiger partial charge in [-0.1, -0.05) is 106 Å². The molecule has 0 radical (unpaired) electrons. The minimum atomic E-state index is -2.94. The predicted octanol–water partition coefficient (Wildman–Crippen LogP) is 4.20. The first-order chi connectivity index (χ1) is 45.9. The van der Waals surface area contributed by atoms with E-state index in [9.17, 15) is 42.3 Å². The van der Waals surface area contributed by atoms with Gasteiger partial charge in [-0.2, -0.15) is 0 Å². The van der Waals surface area contributed by atoms with Gasteiger partial charge in [0.1, 0.15) is 54.4 Å². The highest BCUT2D eigenvalue weighted by Crippen LogP contribution is 2.28. The number of likely N-dealkylation sites (tertiary alicyclic amines) is 1. The van der Waals surface area contributed by atoms with E-state index in [4.69, 9.17) is 0 Å². The largest absolute Gasteiger partial charge is 0.343 e. The predicted molar refractivity (Wildman–Crippen MR) is 369 cm³/mol. The second-order valence-corrected chi connectivity index (χ2v) is 29.0. The van der Waals surface area contributed by atoms with Crippen molar-refractivity contribution < 1.29 is 66.3 Å². The second-order valence-electron chi connectivity index (χ2n) is 29.0. The summed E-state index contributed by atoms with van der Waals surface area (Å²) in [5, 5.41) is 14.2. The van der Waals surface area contributed by atoms with E-state index in [2.05, 4.69) is 26.6 Å². The van der Waals surface area contributed by atoms with E-state index in [0.717, 1.165) is 16.2 Å². The molecule has 3 aliphatic rings. The fourth-order valence-corrected chi connectivity index (χ4v) is 12.9. The third-order valence-electron chi connectivity index (χ3n) is 19.2. The molecule has 1 unspecified atom stereocenters. The Labute approximate surface area is 580 Å². The van der Waals surface area contributed by atoms with Crippen LogP contribution in [-0.2, 0) is 64.0 Å². The van der Waals surface area contributed by atoms with Gasteiger partial charge in [-0.25, -0.2) is 8.78 Å². The molecule has 98 heavy (non-hydrogen) atoms. The van der Waals surface area contributed by atoms with Gasteiger partial charge < -0.3 is 65.8 Å². The third-order valence-corrected chi connectivity index (χ3v) is 19.2. The Kier molecular flexibility index (Phi) is 33.0. The molecule has 0 bridgehead atoms. The van der Waals surface area contributed by atoms with Gasteiger partial charge in [0, 0.05) is 80.8 Å². The Morgan fingerprint density at radius 1 is 0.561 bits per heavy atom. The van der Waals surface area contributed by atoms with Crippen LogP contribution in [0.2, 0.25) is 0 Å². The molecule has 5 N–H and O–H groups in total. The SMILES string of the molecule is CCCCN1CC(=O)N(C)[C@@H](Cc2ccccc2)C(=O)N(C)[C@@H](CC(C)C)C(=O)N[C@@H](CC(C)C)C(=O)N(C)[C@@H](CC(C)C)C(=O)NC(C(=O)N2CCCCC2)CC(=O)N(C)CC(=O)N(C)[C@@H](C)C(=O)N[C@@H](C(C)C)C(=O)N(C)[C@@H](CC)C(=O)N[C@@H](CCC[C@@H]2CC(F)(F)CN2)C1=O. The van der Waals surface area contributed by atoms with Crippen molar-refractivity contribution in [1.82, 2.24) is 65.8 Å². The maximum Gasteiger partial charge on any atom is 0.261 e. The van der Waals surface area contributed by atoms with E-state index >= 15 is 24.0 Å². The zero-order chi connectivity index (χ0) is 73.6. The fraction of sp³-hybridized carbons (Fsp3) is 0.746. The zero-order valence-corrected chi connectivity index (χ0v) is 61.6. The summed E-state index contributed by atoms with van der Waals surface area (Å²) in [4.78, 5) is 187. The average molecular weight is 1380 g/mol. The maximum absolute atomic E-state index is 15.5. The normalized spacial score (nSPS) is 26.4. The van der Waals surface area contributed by atoms with Gasteiger partial charge in [0.15, 0.2) is 0 Å². The van der Waals surface area contributed by atoms with Crippen molar-refractivity contribution in [1.29, 1.82) is 0 Å². The summed E-state index contributed by atoms with van der Waals surface area (Å²) >= 11 is 0. The molecular formula is C71H117F2N13O12. The van der Waals surface area contributed by atoms with E-state index in [0.29, 0.717) is 44.3 Å². The number of likely N-dealkylation sites (N-methyl/N-ethyl adjacent to an activating group) is 6. The highest BCUT2D eigenvalue weighted by Gasteiger charge is 2.44. The van der Waals surface area contributed by atoms with Gasteiger partial charge in [0.2, 0.25) is 70.9 Å². The fourth-order valence-electron chi connectivity index (χ4n) is 12.9. The highest BCUT2D eigenvalue weighted by molar-refractivity contribution is 5.99. The molecule has 0 spiro atoms. The summed E-state index contributed by atoms with van der Waals surface area (Å²) in [7, 11) is 8.40. The first kappa shape index (κ1) is 83.1. The lowest BCUT2D eigenvalue weighted by Crippen LogP contribution is -2.61. The average Bonchev–Trinajstić information content (AvgIpc) is 1.03. The van der Waals surface area contributed by atoms with E-state index in [-0.39, 0.29) is 75.7 Å². The summed E-state index contributed by atoms with van der Waals surface area (Å²) in [6.07, 6.45) is 2.84. The Bertz CT molecular complexity index is 2880. The Morgan fingerprint density at radius 3 is 1.64 bits per heavy atom. The molecular weight excluding hydrogens is 1260 g/mol. The van der Waals surface area contributed by atoms with Crippen molar-refractivity contribution in [3.8, 4) is 0 Å². The number of benzene rings is 1. The van der Waals surface area contributed by atoms with Gasteiger partial charge in [0.25, 0.3) is 5.92 Å². The van der Waals surface area contributed by atoms with Gasteiger partial charge in [-0.3, -0.25) is 57.5 Å². The van der Waals surface area contributed by atoms with Crippen molar-refractivity contribution in [2.45, 2.75) is 239 Å². The molecule has 25 nitrogen and oxygen atoms in total. The van der Waals surface area contributed by atoms with Crippen molar-refractivity contribution in [3.05, 3.63) is 35.9 Å². The summed E-state index contributed by atoms with van der Waals surface area (Å²) in [5.41, 5.74) is 0.663. The van der Waals surface area contributed by atoms with Crippen LogP contribution in [0.25, 0.3) is 0 Å². The maximum atomic E-state index is 15.5. The summed E-state index contributed by atoms with van der Waals surface area (Å²) in [5.74, 6) is -12.3. The molecule has 0 aliphatic carbocycles. The number of nitrogens with zero attached hydrogens (tertiary/aromatic N) is 8. The van der Waals surface area contributed by atoms with E-state index in [1.807, 2.05) is 48.5 Å². The molecule has 0 saturated carbocycles. The van der Waals surface area contributed by atoms with Gasteiger partial charge >= 0.3 is 0 Å². The summed E-state index contributed by atoms with van der Waals surface area (Å²) in [6.45, 7) is 18.6. The quantitative estimate of drug-likeness (QED) is 0.138. The molecule has 0 aromatic heterocycles. The van der Waals surface area contributed by atoms with E-state index in [1.165, 1.54) is 73.7 Å². The van der Waals surface area contributed by atoms with Crippen LogP contribution in [0, 0.1) is 23.7 Å². The molecule has 27 heteroatoms. The minimum Gasteiger partial charge on any atom is -0.343 e. The Morgan fingerprint density at radius 2 is 1.10 bits per heavy atom. The topological polar surface area (TPSA) is 291 Å². The highest BCUT2D eigenvalue weighted by atomic mass is 19.3. The van der Waals surface area contributed by atoms with Crippen molar-refractivity contribution in [2.24, 2.45) is 23.7 Å². The smallest absolute Gasteiger partial charge is 0.261 e. The number of piperidine rings is 1. The number of carbonyl (C=O) groups is 12. The summed E-state index contributed by atoms with van der Waals surface area (Å²) < 4.78 is 28.8. The van der Waals surface area contributed by atoms with Crippen LogP contribution < -0.4 is 26.6 Å². The summed E-state index contributed by atoms with van der Waals surface area (Å²) in [6, 6.07) is -3.16. The van der Waals surface area contributed by atoms with Gasteiger partial charge in [-0.15, -0.1) is 0 Å². The van der Waals surface area contributed by atoms with Crippen molar-refractivity contribution in [3.63, 3.8) is 0 Å². The first-order valence-electron chi connectivity index (χ1n) is 35.4. The van der Waals surface area contributed by atoms with E-state index in [1.54, 1.807) is 56.0 Å². The lowest BCUT2D eigenvalue weighted by Gasteiger charge is -2.37. The van der Waals surface area contributed by atoms with Crippen LogP contribution in [0.1, 0.15) is 172 Å². The number of amides is 12. The molecule has 3 fully saturated rings. The lowest BCUT2D eigenvalue weighted by molar-refractivity contribution is -0.150.